The zero-order valence-corrected chi connectivity index (χ0v) is 15.4. The molecule has 0 bridgehead atoms. The van der Waals surface area contributed by atoms with Crippen molar-refractivity contribution in [2.24, 2.45) is 0 Å². The van der Waals surface area contributed by atoms with Gasteiger partial charge in [-0.15, -0.1) is 0 Å². The molecule has 2 aromatic carbocycles. The third-order valence-corrected chi connectivity index (χ3v) is 4.90. The second kappa shape index (κ2) is 8.08. The Labute approximate surface area is 161 Å². The third kappa shape index (κ3) is 4.11. The van der Waals surface area contributed by atoms with Crippen LogP contribution in [0.4, 0.5) is 17.1 Å². The van der Waals surface area contributed by atoms with E-state index in [9.17, 15) is 19.7 Å². The molecule has 1 heterocycles. The Hall–Kier alpha value is -3.42. The van der Waals surface area contributed by atoms with Crippen LogP contribution in [-0.4, -0.2) is 35.0 Å². The SMILES string of the molecule is CC(C(=O)O)c1cccc(NC(=O)c2ccc(N3CCCC3)c([N+](=O)[O-])c2)c1. The molecule has 8 nitrogen and oxygen atoms in total. The van der Waals surface area contributed by atoms with E-state index in [-0.39, 0.29) is 11.3 Å². The largest absolute Gasteiger partial charge is 0.481 e. The van der Waals surface area contributed by atoms with E-state index >= 15 is 0 Å². The van der Waals surface area contributed by atoms with E-state index in [2.05, 4.69) is 5.32 Å². The molecule has 0 saturated carbocycles. The van der Waals surface area contributed by atoms with Crippen molar-refractivity contribution in [1.82, 2.24) is 0 Å². The van der Waals surface area contributed by atoms with Crippen molar-refractivity contribution in [3.8, 4) is 0 Å². The maximum Gasteiger partial charge on any atom is 0.310 e. The molecule has 3 rings (SSSR count). The fourth-order valence-electron chi connectivity index (χ4n) is 3.27. The molecule has 1 aliphatic rings. The Balaban J connectivity index is 1.83. The van der Waals surface area contributed by atoms with E-state index < -0.39 is 22.7 Å². The number of carboxylic acids is 1. The highest BCUT2D eigenvalue weighted by atomic mass is 16.6. The lowest BCUT2D eigenvalue weighted by atomic mass is 10.0. The minimum absolute atomic E-state index is 0.0946. The number of benzene rings is 2. The van der Waals surface area contributed by atoms with E-state index in [1.54, 1.807) is 43.3 Å². The van der Waals surface area contributed by atoms with Gasteiger partial charge in [-0.2, -0.15) is 0 Å². The lowest BCUT2D eigenvalue weighted by molar-refractivity contribution is -0.384. The van der Waals surface area contributed by atoms with E-state index in [1.165, 1.54) is 6.07 Å². The van der Waals surface area contributed by atoms with E-state index in [1.807, 2.05) is 4.90 Å². The number of carbonyl (C=O) groups is 2. The van der Waals surface area contributed by atoms with Gasteiger partial charge in [-0.05, 0) is 49.6 Å². The summed E-state index contributed by atoms with van der Waals surface area (Å²) in [5.74, 6) is -2.16. The van der Waals surface area contributed by atoms with Crippen LogP contribution in [0.5, 0.6) is 0 Å². The van der Waals surface area contributed by atoms with Crippen molar-refractivity contribution >= 4 is 28.9 Å². The zero-order chi connectivity index (χ0) is 20.3. The van der Waals surface area contributed by atoms with Gasteiger partial charge in [0.25, 0.3) is 11.6 Å². The molecular weight excluding hydrogens is 362 g/mol. The summed E-state index contributed by atoms with van der Waals surface area (Å²) in [6.45, 7) is 3.09. The Morgan fingerprint density at radius 2 is 1.89 bits per heavy atom. The summed E-state index contributed by atoms with van der Waals surface area (Å²) in [5, 5.41) is 23.3. The molecule has 1 aliphatic heterocycles. The lowest BCUT2D eigenvalue weighted by Crippen LogP contribution is -2.20. The van der Waals surface area contributed by atoms with Crippen LogP contribution >= 0.6 is 0 Å². The van der Waals surface area contributed by atoms with E-state index in [0.717, 1.165) is 25.9 Å². The Kier molecular flexibility index (Phi) is 5.58. The highest BCUT2D eigenvalue weighted by molar-refractivity contribution is 6.05. The fourth-order valence-corrected chi connectivity index (χ4v) is 3.27. The molecule has 1 unspecified atom stereocenters. The van der Waals surface area contributed by atoms with Gasteiger partial charge in [0.2, 0.25) is 0 Å². The van der Waals surface area contributed by atoms with E-state index in [0.29, 0.717) is 16.9 Å². The maximum absolute atomic E-state index is 12.6. The molecular formula is C20H21N3O5. The maximum atomic E-state index is 12.6. The highest BCUT2D eigenvalue weighted by Crippen LogP contribution is 2.32. The average molecular weight is 383 g/mol. The van der Waals surface area contributed by atoms with Gasteiger partial charge < -0.3 is 15.3 Å². The number of carbonyl (C=O) groups excluding carboxylic acids is 1. The smallest absolute Gasteiger partial charge is 0.310 e. The first kappa shape index (κ1) is 19.3. The monoisotopic (exact) mass is 383 g/mol. The van der Waals surface area contributed by atoms with Gasteiger partial charge in [0.15, 0.2) is 0 Å². The Bertz CT molecular complexity index is 922. The molecule has 1 amide bonds. The predicted molar refractivity (Wildman–Crippen MR) is 105 cm³/mol. The molecule has 146 valence electrons. The highest BCUT2D eigenvalue weighted by Gasteiger charge is 2.24. The summed E-state index contributed by atoms with van der Waals surface area (Å²) in [6.07, 6.45) is 1.98. The second-order valence-electron chi connectivity index (χ2n) is 6.79. The van der Waals surface area contributed by atoms with Crippen molar-refractivity contribution in [2.75, 3.05) is 23.3 Å². The molecule has 8 heteroatoms. The van der Waals surface area contributed by atoms with Crippen LogP contribution in [0.2, 0.25) is 0 Å². The van der Waals surface area contributed by atoms with Crippen LogP contribution in [0.25, 0.3) is 0 Å². The number of nitrogens with zero attached hydrogens (tertiary/aromatic N) is 2. The third-order valence-electron chi connectivity index (χ3n) is 4.90. The molecule has 0 aliphatic carbocycles. The number of nitrogens with one attached hydrogen (secondary N) is 1. The molecule has 2 aromatic rings. The topological polar surface area (TPSA) is 113 Å². The standard InChI is InChI=1S/C20H21N3O5/c1-13(20(25)26)14-5-4-6-16(11-14)21-19(24)15-7-8-17(18(12-15)23(27)28)22-9-2-3-10-22/h4-8,11-13H,2-3,9-10H2,1H3,(H,21,24)(H,25,26). The quantitative estimate of drug-likeness (QED) is 0.582. The molecule has 0 radical (unpaired) electrons. The summed E-state index contributed by atoms with van der Waals surface area (Å²) in [4.78, 5) is 36.7. The van der Waals surface area contributed by atoms with Gasteiger partial charge in [0, 0.05) is 30.4 Å². The van der Waals surface area contributed by atoms with Gasteiger partial charge >= 0.3 is 5.97 Å². The fraction of sp³-hybridized carbons (Fsp3) is 0.300. The average Bonchev–Trinajstić information content (AvgIpc) is 3.21. The van der Waals surface area contributed by atoms with Crippen LogP contribution in [0, 0.1) is 10.1 Å². The summed E-state index contributed by atoms with van der Waals surface area (Å²) in [6, 6.07) is 11.0. The number of carboxylic acid groups (broad SMARTS) is 1. The molecule has 1 fully saturated rings. The molecule has 0 aromatic heterocycles. The molecule has 0 spiro atoms. The Morgan fingerprint density at radius 3 is 2.54 bits per heavy atom. The summed E-state index contributed by atoms with van der Waals surface area (Å²) in [7, 11) is 0. The van der Waals surface area contributed by atoms with Gasteiger partial charge in [-0.3, -0.25) is 19.7 Å². The van der Waals surface area contributed by atoms with Crippen LogP contribution in [0.15, 0.2) is 42.5 Å². The number of nitro groups is 1. The predicted octanol–water partition coefficient (Wildman–Crippen LogP) is 3.64. The van der Waals surface area contributed by atoms with Gasteiger partial charge in [-0.1, -0.05) is 12.1 Å². The first-order valence-corrected chi connectivity index (χ1v) is 9.04. The first-order chi connectivity index (χ1) is 13.4. The molecule has 2 N–H and O–H groups in total. The number of aliphatic carboxylic acids is 1. The van der Waals surface area contributed by atoms with Crippen LogP contribution in [0.3, 0.4) is 0 Å². The number of rotatable bonds is 6. The minimum atomic E-state index is -0.961. The summed E-state index contributed by atoms with van der Waals surface area (Å²) >= 11 is 0. The number of hydrogen-bond acceptors (Lipinski definition) is 5. The zero-order valence-electron chi connectivity index (χ0n) is 15.4. The van der Waals surface area contributed by atoms with Crippen molar-refractivity contribution in [1.29, 1.82) is 0 Å². The molecule has 1 atom stereocenters. The minimum Gasteiger partial charge on any atom is -0.481 e. The second-order valence-corrected chi connectivity index (χ2v) is 6.79. The first-order valence-electron chi connectivity index (χ1n) is 9.04. The van der Waals surface area contributed by atoms with Gasteiger partial charge in [-0.25, -0.2) is 0 Å². The van der Waals surface area contributed by atoms with Crippen LogP contribution in [0.1, 0.15) is 41.6 Å². The van der Waals surface area contributed by atoms with Crippen molar-refractivity contribution < 1.29 is 19.6 Å². The lowest BCUT2D eigenvalue weighted by Gasteiger charge is -2.18. The summed E-state index contributed by atoms with van der Waals surface area (Å²) < 4.78 is 0. The molecule has 28 heavy (non-hydrogen) atoms. The molecule has 1 saturated heterocycles. The van der Waals surface area contributed by atoms with Crippen molar-refractivity contribution in [3.05, 3.63) is 63.7 Å². The van der Waals surface area contributed by atoms with Crippen molar-refractivity contribution in [2.45, 2.75) is 25.7 Å². The number of amides is 1. The Morgan fingerprint density at radius 1 is 1.18 bits per heavy atom. The van der Waals surface area contributed by atoms with Crippen molar-refractivity contribution in [3.63, 3.8) is 0 Å². The van der Waals surface area contributed by atoms with Gasteiger partial charge in [0.05, 0.1) is 10.8 Å². The van der Waals surface area contributed by atoms with Gasteiger partial charge in [0.1, 0.15) is 5.69 Å². The van der Waals surface area contributed by atoms with Crippen LogP contribution in [-0.2, 0) is 4.79 Å². The number of nitro benzene ring substituents is 1. The number of anilines is 2. The normalized spacial score (nSPS) is 14.5. The van der Waals surface area contributed by atoms with Crippen LogP contribution < -0.4 is 10.2 Å². The number of hydrogen-bond donors (Lipinski definition) is 2. The summed E-state index contributed by atoms with van der Waals surface area (Å²) in [5.41, 5.74) is 1.59. The van der Waals surface area contributed by atoms with E-state index in [4.69, 9.17) is 5.11 Å².